The Bertz CT molecular complexity index is 1350. The van der Waals surface area contributed by atoms with E-state index < -0.39 is 42.2 Å². The van der Waals surface area contributed by atoms with Crippen molar-refractivity contribution < 1.29 is 61.8 Å². The van der Waals surface area contributed by atoms with E-state index in [1.807, 2.05) is 0 Å². The van der Waals surface area contributed by atoms with Crippen molar-refractivity contribution in [2.75, 3.05) is 29.4 Å². The Morgan fingerprint density at radius 1 is 1.17 bits per heavy atom. The van der Waals surface area contributed by atoms with Crippen LogP contribution in [0.1, 0.15) is 26.2 Å². The monoisotopic (exact) mass is 598 g/mol. The van der Waals surface area contributed by atoms with Crippen LogP contribution in [0.2, 0.25) is 0 Å². The Labute approximate surface area is 236 Å². The normalized spacial score (nSPS) is 18.3. The Morgan fingerprint density at radius 3 is 2.40 bits per heavy atom. The lowest BCUT2D eigenvalue weighted by molar-refractivity contribution is -0.360. The van der Waals surface area contributed by atoms with E-state index in [-0.39, 0.29) is 30.3 Å². The summed E-state index contributed by atoms with van der Waals surface area (Å²) in [6, 6.07) is 7.66. The number of carboxylic acid groups (broad SMARTS) is 1. The van der Waals surface area contributed by atoms with Crippen molar-refractivity contribution in [3.63, 3.8) is 0 Å². The number of cyclic esters (lactones) is 1. The highest BCUT2D eigenvalue weighted by atomic mass is 19.4. The maximum absolute atomic E-state index is 15.0. The van der Waals surface area contributed by atoms with Crippen molar-refractivity contribution in [3.8, 4) is 11.1 Å². The molecule has 226 valence electrons. The van der Waals surface area contributed by atoms with Gasteiger partial charge in [-0.1, -0.05) is 0 Å². The third kappa shape index (κ3) is 7.99. The Hall–Kier alpha value is -4.60. The summed E-state index contributed by atoms with van der Waals surface area (Å²) >= 11 is 0. The summed E-state index contributed by atoms with van der Waals surface area (Å²) in [6.45, 7) is 2.02. The lowest BCUT2D eigenvalue weighted by Gasteiger charge is -2.16. The average molecular weight is 599 g/mol. The van der Waals surface area contributed by atoms with Crippen LogP contribution in [0.15, 0.2) is 36.5 Å². The van der Waals surface area contributed by atoms with E-state index in [1.165, 1.54) is 29.0 Å². The van der Waals surface area contributed by atoms with Gasteiger partial charge in [0.15, 0.2) is 12.6 Å². The molecule has 3 N–H and O–H groups in total. The van der Waals surface area contributed by atoms with Crippen molar-refractivity contribution in [1.29, 1.82) is 0 Å². The number of benzene rings is 1. The Balaban J connectivity index is 0.000000616. The molecule has 12 nitrogen and oxygen atoms in total. The van der Waals surface area contributed by atoms with Crippen molar-refractivity contribution in [3.05, 3.63) is 42.3 Å². The van der Waals surface area contributed by atoms with Crippen LogP contribution < -0.4 is 20.6 Å². The standard InChI is InChI=1S/C24H25FN4O6.C2HF3O2/c1-14(30)2-5-17-13-29(24(33)34-17)16-4-6-18(19(25)10-16)15-3-7-21(27-12-15)28-9-8-20(23(28)32)35-22(31)11-26;3-2(4,5)1(6)7/h3-4,6-7,10,12,17,20H,2,5,8-9,11,13,26H2,1H3;(H,6,7)/t17-,20?;/m0./s1. The number of hydrogen-bond donors (Lipinski definition) is 1. The van der Waals surface area contributed by atoms with Crippen molar-refractivity contribution in [1.82, 2.24) is 4.98 Å². The van der Waals surface area contributed by atoms with Crippen LogP contribution in [-0.2, 0) is 28.7 Å². The maximum atomic E-state index is 15.0. The summed E-state index contributed by atoms with van der Waals surface area (Å²) in [5.41, 5.74) is 4.58. The molecule has 2 fully saturated rings. The number of aromatic nitrogens is 1. The summed E-state index contributed by atoms with van der Waals surface area (Å²) in [4.78, 5) is 63.2. The number of alkyl halides is 3. The highest BCUT2D eigenvalue weighted by Gasteiger charge is 2.36. The molecule has 2 atom stereocenters. The highest BCUT2D eigenvalue weighted by Crippen LogP contribution is 2.31. The number of pyridine rings is 1. The molecule has 4 rings (SSSR count). The van der Waals surface area contributed by atoms with Crippen LogP contribution in [0.25, 0.3) is 11.1 Å². The van der Waals surface area contributed by atoms with E-state index in [9.17, 15) is 36.7 Å². The van der Waals surface area contributed by atoms with E-state index in [0.29, 0.717) is 42.9 Å². The predicted octanol–water partition coefficient (Wildman–Crippen LogP) is 0.771. The molecule has 0 saturated carbocycles. The van der Waals surface area contributed by atoms with Gasteiger partial charge >= 0.3 is 18.2 Å². The SMILES string of the molecule is CC(=O)CC[C@H]1CN(c2ccc(-c3ccc(N4CCC(OC(=O)C[NH3+])C4=O)nc3)c(F)c2)C(=O)O1.O=C([O-])C(F)(F)F. The van der Waals surface area contributed by atoms with Gasteiger partial charge in [0.25, 0.3) is 5.91 Å². The number of esters is 1. The first-order valence-corrected chi connectivity index (χ1v) is 12.5. The number of carboxylic acids is 1. The van der Waals surface area contributed by atoms with E-state index in [2.05, 4.69) is 10.7 Å². The number of quaternary nitrogens is 1. The minimum Gasteiger partial charge on any atom is -0.542 e. The summed E-state index contributed by atoms with van der Waals surface area (Å²) in [7, 11) is 0. The second-order valence-electron chi connectivity index (χ2n) is 9.22. The van der Waals surface area contributed by atoms with E-state index in [0.717, 1.165) is 0 Å². The second-order valence-corrected chi connectivity index (χ2v) is 9.22. The molecule has 0 radical (unpaired) electrons. The van der Waals surface area contributed by atoms with Gasteiger partial charge in [-0.15, -0.1) is 0 Å². The number of ether oxygens (including phenoxy) is 2. The lowest BCUT2D eigenvalue weighted by Crippen LogP contribution is -2.55. The van der Waals surface area contributed by atoms with Crippen LogP contribution in [-0.4, -0.2) is 72.7 Å². The van der Waals surface area contributed by atoms with E-state index in [1.54, 1.807) is 24.3 Å². The molecule has 0 aliphatic carbocycles. The fourth-order valence-corrected chi connectivity index (χ4v) is 4.07. The summed E-state index contributed by atoms with van der Waals surface area (Å²) < 4.78 is 56.9. The summed E-state index contributed by atoms with van der Waals surface area (Å²) in [6.07, 6.45) is -4.49. The molecule has 3 heterocycles. The molecule has 0 bridgehead atoms. The molecule has 1 aromatic heterocycles. The first kappa shape index (κ1) is 31.9. The molecule has 2 saturated heterocycles. The molecule has 2 aliphatic rings. The van der Waals surface area contributed by atoms with Gasteiger partial charge < -0.3 is 29.9 Å². The minimum absolute atomic E-state index is 0.0147. The quantitative estimate of drug-likeness (QED) is 0.340. The van der Waals surface area contributed by atoms with Gasteiger partial charge in [-0.2, -0.15) is 13.2 Å². The van der Waals surface area contributed by atoms with Gasteiger partial charge in [-0.05, 0) is 43.7 Å². The number of Topliss-reactive ketones (excluding diaryl/α,β-unsaturated/α-hetero) is 1. The molecule has 1 aromatic carbocycles. The number of carbonyl (C=O) groups is 5. The average Bonchev–Trinajstić information content (AvgIpc) is 3.49. The number of hydrogen-bond acceptors (Lipinski definition) is 9. The van der Waals surface area contributed by atoms with Crippen LogP contribution in [0.5, 0.6) is 0 Å². The molecule has 2 aromatic rings. The van der Waals surface area contributed by atoms with Gasteiger partial charge in [-0.3, -0.25) is 14.6 Å². The molecule has 1 unspecified atom stereocenters. The van der Waals surface area contributed by atoms with Gasteiger partial charge in [0.05, 0.1) is 12.2 Å². The zero-order valence-electron chi connectivity index (χ0n) is 22.2. The lowest BCUT2D eigenvalue weighted by atomic mass is 10.1. The number of amides is 2. The Kier molecular flexibility index (Phi) is 10.2. The number of ketones is 1. The van der Waals surface area contributed by atoms with Gasteiger partial charge in [0.2, 0.25) is 0 Å². The zero-order valence-corrected chi connectivity index (χ0v) is 22.2. The first-order valence-electron chi connectivity index (χ1n) is 12.5. The smallest absolute Gasteiger partial charge is 0.430 e. The number of carbonyl (C=O) groups excluding carboxylic acids is 5. The third-order valence-corrected chi connectivity index (χ3v) is 6.16. The summed E-state index contributed by atoms with van der Waals surface area (Å²) in [5.74, 6) is -4.06. The number of rotatable bonds is 8. The molecule has 0 spiro atoms. The van der Waals surface area contributed by atoms with E-state index >= 15 is 0 Å². The Morgan fingerprint density at radius 2 is 1.86 bits per heavy atom. The van der Waals surface area contributed by atoms with Crippen LogP contribution in [0.3, 0.4) is 0 Å². The molecular weight excluding hydrogens is 572 g/mol. The number of aliphatic carboxylic acids is 1. The summed E-state index contributed by atoms with van der Waals surface area (Å²) in [5, 5.41) is 8.78. The van der Waals surface area contributed by atoms with Crippen molar-refractivity contribution in [2.24, 2.45) is 0 Å². The molecule has 2 aliphatic heterocycles. The minimum atomic E-state index is -5.19. The maximum Gasteiger partial charge on any atom is 0.430 e. The fourth-order valence-electron chi connectivity index (χ4n) is 4.07. The number of anilines is 2. The predicted molar refractivity (Wildman–Crippen MR) is 133 cm³/mol. The second kappa shape index (κ2) is 13.4. The third-order valence-electron chi connectivity index (χ3n) is 6.16. The zero-order chi connectivity index (χ0) is 31.2. The number of halogens is 4. The number of nitrogens with zero attached hydrogens (tertiary/aromatic N) is 3. The first-order chi connectivity index (χ1) is 19.7. The van der Waals surface area contributed by atoms with Gasteiger partial charge in [-0.25, -0.2) is 19.0 Å². The fraction of sp³-hybridized carbons (Fsp3) is 0.385. The highest BCUT2D eigenvalue weighted by molar-refractivity contribution is 5.99. The molecule has 16 heteroatoms. The van der Waals surface area contributed by atoms with Crippen LogP contribution in [0.4, 0.5) is 33.9 Å². The van der Waals surface area contributed by atoms with Crippen LogP contribution >= 0.6 is 0 Å². The largest absolute Gasteiger partial charge is 0.542 e. The van der Waals surface area contributed by atoms with Crippen molar-refractivity contribution in [2.45, 2.75) is 44.6 Å². The van der Waals surface area contributed by atoms with Crippen molar-refractivity contribution >= 4 is 41.2 Å². The molecule has 2 amide bonds. The topological polar surface area (TPSA) is 174 Å². The van der Waals surface area contributed by atoms with Crippen LogP contribution in [0, 0.1) is 5.82 Å². The molecule has 42 heavy (non-hydrogen) atoms. The van der Waals surface area contributed by atoms with E-state index in [4.69, 9.17) is 19.4 Å². The molecular formula is C26H26F4N4O8. The van der Waals surface area contributed by atoms with Gasteiger partial charge in [0.1, 0.15) is 29.5 Å². The van der Waals surface area contributed by atoms with Gasteiger partial charge in [0, 0.05) is 36.7 Å².